The fourth-order valence-corrected chi connectivity index (χ4v) is 12.4. The van der Waals surface area contributed by atoms with Crippen LogP contribution in [0, 0.1) is 5.92 Å². The van der Waals surface area contributed by atoms with Gasteiger partial charge >= 0.3 is 29.6 Å². The molecule has 14 atom stereocenters. The number of hydrogen-bond donors (Lipinski definition) is 14. The third-order valence-corrected chi connectivity index (χ3v) is 17.4. The first-order chi connectivity index (χ1) is 42.4. The molecule has 4 saturated heterocycles. The maximum Gasteiger partial charge on any atom is 1.00 e. The molecule has 4 aliphatic heterocycles. The first kappa shape index (κ1) is 71.0. The zero-order chi connectivity index (χ0) is 64.4. The Labute approximate surface area is 544 Å². The second-order valence-electron chi connectivity index (χ2n) is 23.3. The number of phenolic OH excluding ortho intramolecular Hbond substituents is 1. The third-order valence-electron chi connectivity index (χ3n) is 17.0. The van der Waals surface area contributed by atoms with Crippen LogP contribution in [0.3, 0.4) is 0 Å². The number of aliphatic hydroxyl groups is 7. The number of piperazine rings is 1. The molecule has 8 rings (SSSR count). The van der Waals surface area contributed by atoms with Crippen LogP contribution >= 0.6 is 12.3 Å². The number of carbonyl (C=O) groups is 8. The second-order valence-corrected chi connectivity index (χ2v) is 23.7. The normalized spacial score (nSPS) is 27.5. The number of primary amides is 1. The van der Waals surface area contributed by atoms with Gasteiger partial charge in [-0.3, -0.25) is 43.4 Å². The predicted octanol–water partition coefficient (Wildman–Crippen LogP) is -6.75. The first-order valence-corrected chi connectivity index (χ1v) is 30.1. The van der Waals surface area contributed by atoms with E-state index in [1.165, 1.54) is 56.7 Å². The van der Waals surface area contributed by atoms with Crippen LogP contribution in [0.5, 0.6) is 11.5 Å². The van der Waals surface area contributed by atoms with Crippen molar-refractivity contribution in [1.29, 1.82) is 0 Å². The molecule has 5 fully saturated rings. The van der Waals surface area contributed by atoms with Crippen molar-refractivity contribution in [2.45, 2.75) is 150 Å². The molecule has 8 amide bonds. The van der Waals surface area contributed by atoms with Gasteiger partial charge in [-0.1, -0.05) is 44.4 Å². The van der Waals surface area contributed by atoms with E-state index in [2.05, 4.69) is 70.0 Å². The van der Waals surface area contributed by atoms with Crippen LogP contribution < -0.4 is 81.1 Å². The fourth-order valence-electron chi connectivity index (χ4n) is 12.1. The van der Waals surface area contributed by atoms with E-state index >= 15 is 0 Å². The minimum absolute atomic E-state index is 0. The Morgan fingerprint density at radius 1 is 0.744 bits per heavy atom. The van der Waals surface area contributed by atoms with Crippen LogP contribution in [0.2, 0.25) is 0 Å². The van der Waals surface area contributed by atoms with Crippen LogP contribution in [0.1, 0.15) is 98.7 Å². The molecule has 0 aromatic heterocycles. The van der Waals surface area contributed by atoms with Gasteiger partial charge in [-0.05, 0) is 85.3 Å². The molecule has 3 aromatic carbocycles. The number of phenols is 1. The molecular weight excluding hydrogens is 1210 g/mol. The Balaban J connectivity index is 0.0000115. The van der Waals surface area contributed by atoms with Gasteiger partial charge in [-0.25, -0.2) is 0 Å². The minimum atomic E-state index is -2.53. The number of nitrogens with one attached hydrogen (secondary N) is 5. The van der Waals surface area contributed by atoms with E-state index in [1.807, 2.05) is 0 Å². The van der Waals surface area contributed by atoms with Gasteiger partial charge in [0.1, 0.15) is 48.5 Å². The molecular formula is C58H77N10NaO20S. The van der Waals surface area contributed by atoms with Crippen LogP contribution in [0.4, 0.5) is 11.4 Å². The van der Waals surface area contributed by atoms with Crippen molar-refractivity contribution in [2.24, 2.45) is 11.7 Å². The Morgan fingerprint density at radius 2 is 1.34 bits per heavy atom. The summed E-state index contributed by atoms with van der Waals surface area (Å²) in [4.78, 5) is 120. The van der Waals surface area contributed by atoms with Gasteiger partial charge in [0.2, 0.25) is 41.4 Å². The summed E-state index contributed by atoms with van der Waals surface area (Å²) in [7, 11) is 0. The maximum atomic E-state index is 14.7. The average molecular weight is 1290 g/mol. The second kappa shape index (κ2) is 32.2. The third kappa shape index (κ3) is 17.4. The molecule has 0 spiro atoms. The molecule has 3 aromatic rings. The Hall–Kier alpha value is -6.43. The van der Waals surface area contributed by atoms with Crippen molar-refractivity contribution in [3.05, 3.63) is 83.4 Å². The Morgan fingerprint density at radius 3 is 1.96 bits per heavy atom. The van der Waals surface area contributed by atoms with Crippen molar-refractivity contribution in [2.75, 3.05) is 55.6 Å². The van der Waals surface area contributed by atoms with E-state index in [4.69, 9.17) is 9.92 Å². The van der Waals surface area contributed by atoms with Gasteiger partial charge in [0.15, 0.2) is 11.5 Å². The van der Waals surface area contributed by atoms with Gasteiger partial charge in [0.25, 0.3) is 18.2 Å². The van der Waals surface area contributed by atoms with Crippen LogP contribution in [0.25, 0.3) is 0 Å². The molecule has 0 bridgehead atoms. The maximum absolute atomic E-state index is 14.7. The summed E-state index contributed by atoms with van der Waals surface area (Å²) < 4.78 is 9.06. The van der Waals surface area contributed by atoms with Gasteiger partial charge < -0.3 is 102 Å². The number of carbonyl (C=O) groups excluding carboxylic acids is 8. The molecule has 4 heterocycles. The summed E-state index contributed by atoms with van der Waals surface area (Å²) in [6.07, 6.45) is -9.79. The number of benzene rings is 3. The summed E-state index contributed by atoms with van der Waals surface area (Å²) in [5, 5.41) is 116. The van der Waals surface area contributed by atoms with Crippen molar-refractivity contribution >= 4 is 71.0 Å². The van der Waals surface area contributed by atoms with Crippen LogP contribution in [0.15, 0.2) is 66.7 Å². The number of aliphatic hydroxyl groups excluding tert-OH is 7. The number of hydrogen-bond acceptors (Lipinski definition) is 23. The number of anilines is 2. The van der Waals surface area contributed by atoms with Crippen molar-refractivity contribution in [3.63, 3.8) is 0 Å². The van der Waals surface area contributed by atoms with E-state index in [9.17, 15) is 84.5 Å². The predicted molar refractivity (Wildman–Crippen MR) is 312 cm³/mol. The van der Waals surface area contributed by atoms with Crippen molar-refractivity contribution in [1.82, 2.24) is 36.4 Å². The van der Waals surface area contributed by atoms with E-state index in [1.54, 1.807) is 12.1 Å². The zero-order valence-corrected chi connectivity index (χ0v) is 52.7. The van der Waals surface area contributed by atoms with E-state index in [0.717, 1.165) is 59.4 Å². The number of amides is 8. The molecule has 90 heavy (non-hydrogen) atoms. The fraction of sp³-hybridized carbons (Fsp3) is 0.552. The topological polar surface area (TPSA) is 448 Å². The largest absolute Gasteiger partial charge is 1.00 e. The molecule has 486 valence electrons. The van der Waals surface area contributed by atoms with E-state index in [0.29, 0.717) is 19.0 Å². The number of aromatic hydroxyl groups is 1. The van der Waals surface area contributed by atoms with E-state index in [-0.39, 0.29) is 53.0 Å². The van der Waals surface area contributed by atoms with Crippen LogP contribution in [-0.2, 0) is 42.9 Å². The Bertz CT molecular complexity index is 3000. The first-order valence-electron chi connectivity index (χ1n) is 29.4. The summed E-state index contributed by atoms with van der Waals surface area (Å²) in [5.41, 5.74) is 8.43. The number of rotatable bonds is 16. The molecule has 5 aliphatic rings. The van der Waals surface area contributed by atoms with Gasteiger partial charge in [-0.15, -0.1) is 4.33 Å². The molecule has 32 heteroatoms. The van der Waals surface area contributed by atoms with Crippen molar-refractivity contribution < 1.29 is 128 Å². The van der Waals surface area contributed by atoms with Crippen molar-refractivity contribution in [3.8, 4) is 11.5 Å². The monoisotopic (exact) mass is 1290 g/mol. The zero-order valence-electron chi connectivity index (χ0n) is 49.9. The van der Waals surface area contributed by atoms with E-state index < -0.39 is 183 Å². The molecule has 1 saturated carbocycles. The Kier molecular flexibility index (Phi) is 25.4. The summed E-state index contributed by atoms with van der Waals surface area (Å²) in [6.45, 7) is 3.59. The summed E-state index contributed by atoms with van der Waals surface area (Å²) in [5.74, 6) is -11.2. The SMILES string of the molecule is CC(O)C1NC(=O)[C@@H](NC(=O)c2ccc(N3CCN(c4ccc(C5CCCCC5)cc4)CC3)cc2)CC(O)CNC(=O)C2C(O)C(C)CN2C(=O)C(C(O)CC(N)=O)NC(=O)C(C(O)C(O)c2ccc(O)c(OSOO[O-])c2)NC(=O)C2CC(O)CN2C1=O.[Na+]. The van der Waals surface area contributed by atoms with Gasteiger partial charge in [-0.2, -0.15) is 0 Å². The number of nitrogens with two attached hydrogens (primary N) is 1. The number of nitrogens with zero attached hydrogens (tertiary/aromatic N) is 4. The molecule has 0 radical (unpaired) electrons. The standard InChI is InChI=1S/C58H78N10O20S.Na/c1-29-27-68-48(49(29)75)56(82)60-26-37(70)23-39(61-52(78)33-10-15-36(16-11-33)66-20-18-65(19-21-66)35-13-8-32(9-14-35)31-6-4-3-5-7-31)53(79)62-45(30(2)69)57(83)67-28-38(71)24-40(67)54(80)64-47(55(81)63-46(58(68)84)42(73)25-44(59)74)51(77)50(76)34-12-17-41(72)43(22-34)86-89-88-87-85;/h8-17,22,29-31,37-40,42,45-51,69-73,75-77,85H,3-7,18-21,23-28H2,1-2H3,(H2,59,74)(H,60,82)(H,61,78)(H,62,79)(H,63,81)(H,64,80);/q;+1/p-1/t29?,30?,37?,38?,39-,40?,42?,45?,46?,47?,48?,49?,50?,51?;/m0./s1. The van der Waals surface area contributed by atoms with Gasteiger partial charge in [0.05, 0.1) is 36.9 Å². The van der Waals surface area contributed by atoms with Crippen LogP contribution in [-0.4, -0.2) is 217 Å². The number of β-amino-alcohol motifs (C(OH)–C–C–N with tert-alkyl or cyclic N) is 1. The average Bonchev–Trinajstić information content (AvgIpc) is 1.71. The molecule has 30 nitrogen and oxygen atoms in total. The quantitative estimate of drug-likeness (QED) is 0.0208. The molecule has 13 unspecified atom stereocenters. The van der Waals surface area contributed by atoms with Gasteiger partial charge in [0, 0.05) is 81.5 Å². The summed E-state index contributed by atoms with van der Waals surface area (Å²) >= 11 is -0.0791. The molecule has 1 aliphatic carbocycles. The minimum Gasteiger partial charge on any atom is -0.691 e. The summed E-state index contributed by atoms with van der Waals surface area (Å²) in [6, 6.07) is 6.09. The number of fused-ring (bicyclic) bond motifs is 2. The smallest absolute Gasteiger partial charge is 0.691 e. The molecule has 15 N–H and O–H groups in total.